The van der Waals surface area contributed by atoms with E-state index in [9.17, 15) is 8.78 Å². The summed E-state index contributed by atoms with van der Waals surface area (Å²) in [5, 5.41) is 0. The molecule has 0 saturated carbocycles. The molecule has 0 spiro atoms. The number of hydrogen-bond acceptors (Lipinski definition) is 2. The van der Waals surface area contributed by atoms with Gasteiger partial charge in [0.2, 0.25) is 0 Å². The van der Waals surface area contributed by atoms with Gasteiger partial charge in [0.05, 0.1) is 6.04 Å². The lowest BCUT2D eigenvalue weighted by molar-refractivity contribution is 0.506. The highest BCUT2D eigenvalue weighted by molar-refractivity contribution is 7.12. The first-order chi connectivity index (χ1) is 7.99. The Morgan fingerprint density at radius 1 is 1.12 bits per heavy atom. The molecule has 1 atom stereocenters. The van der Waals surface area contributed by atoms with Crippen LogP contribution in [0.15, 0.2) is 24.3 Å². The molecule has 0 aliphatic heterocycles. The van der Waals surface area contributed by atoms with Crippen molar-refractivity contribution in [1.29, 1.82) is 0 Å². The van der Waals surface area contributed by atoms with Crippen LogP contribution in [0.3, 0.4) is 0 Å². The Kier molecular flexibility index (Phi) is 3.26. The molecule has 90 valence electrons. The molecule has 0 aliphatic carbocycles. The van der Waals surface area contributed by atoms with Crippen LogP contribution in [0.25, 0.3) is 0 Å². The lowest BCUT2D eigenvalue weighted by Crippen LogP contribution is -2.10. The van der Waals surface area contributed by atoms with E-state index in [0.29, 0.717) is 5.56 Å². The Morgan fingerprint density at radius 2 is 1.82 bits per heavy atom. The second-order valence-corrected chi connectivity index (χ2v) is 5.33. The van der Waals surface area contributed by atoms with E-state index in [0.717, 1.165) is 17.0 Å². The Labute approximate surface area is 103 Å². The summed E-state index contributed by atoms with van der Waals surface area (Å²) in [6, 6.07) is 5.38. The van der Waals surface area contributed by atoms with Gasteiger partial charge in [0.25, 0.3) is 0 Å². The van der Waals surface area contributed by atoms with E-state index in [-0.39, 0.29) is 0 Å². The van der Waals surface area contributed by atoms with Crippen LogP contribution in [0.5, 0.6) is 0 Å². The maximum atomic E-state index is 13.1. The maximum absolute atomic E-state index is 13.1. The van der Waals surface area contributed by atoms with Crippen LogP contribution in [0.4, 0.5) is 8.78 Å². The Balaban J connectivity index is 2.36. The second-order valence-electron chi connectivity index (χ2n) is 4.04. The molecule has 0 aliphatic rings. The topological polar surface area (TPSA) is 26.0 Å². The van der Waals surface area contributed by atoms with Gasteiger partial charge < -0.3 is 5.73 Å². The van der Waals surface area contributed by atoms with E-state index in [1.54, 1.807) is 11.3 Å². The van der Waals surface area contributed by atoms with E-state index in [1.807, 2.05) is 19.9 Å². The molecule has 1 aromatic heterocycles. The van der Waals surface area contributed by atoms with Crippen molar-refractivity contribution in [2.75, 3.05) is 0 Å². The van der Waals surface area contributed by atoms with Gasteiger partial charge >= 0.3 is 0 Å². The normalized spacial score (nSPS) is 12.8. The van der Waals surface area contributed by atoms with Gasteiger partial charge in [-0.15, -0.1) is 11.3 Å². The van der Waals surface area contributed by atoms with Crippen LogP contribution in [0.1, 0.15) is 26.9 Å². The molecule has 2 rings (SSSR count). The molecular weight excluding hydrogens is 240 g/mol. The van der Waals surface area contributed by atoms with Crippen LogP contribution in [-0.2, 0) is 0 Å². The Bertz CT molecular complexity index is 529. The van der Waals surface area contributed by atoms with Gasteiger partial charge in [-0.25, -0.2) is 8.78 Å². The summed E-state index contributed by atoms with van der Waals surface area (Å²) < 4.78 is 25.9. The van der Waals surface area contributed by atoms with E-state index in [1.165, 1.54) is 16.5 Å². The zero-order valence-electron chi connectivity index (χ0n) is 9.63. The highest BCUT2D eigenvalue weighted by Crippen LogP contribution is 2.29. The Morgan fingerprint density at radius 3 is 2.35 bits per heavy atom. The minimum atomic E-state index is -0.858. The molecule has 0 bridgehead atoms. The first-order valence-corrected chi connectivity index (χ1v) is 6.08. The van der Waals surface area contributed by atoms with E-state index >= 15 is 0 Å². The van der Waals surface area contributed by atoms with Gasteiger partial charge in [0.1, 0.15) is 0 Å². The predicted molar refractivity (Wildman–Crippen MR) is 66.2 cm³/mol. The number of thiophene rings is 1. The molecule has 0 amide bonds. The van der Waals surface area contributed by atoms with Crippen LogP contribution in [-0.4, -0.2) is 0 Å². The van der Waals surface area contributed by atoms with Gasteiger partial charge in [-0.05, 0) is 43.2 Å². The fraction of sp³-hybridized carbons (Fsp3) is 0.231. The van der Waals surface area contributed by atoms with Gasteiger partial charge in [-0.2, -0.15) is 0 Å². The molecule has 1 nitrogen and oxygen atoms in total. The van der Waals surface area contributed by atoms with Crippen molar-refractivity contribution in [3.05, 3.63) is 56.8 Å². The average molecular weight is 253 g/mol. The van der Waals surface area contributed by atoms with Gasteiger partial charge in [0, 0.05) is 9.75 Å². The minimum Gasteiger partial charge on any atom is -0.320 e. The third kappa shape index (κ3) is 2.37. The molecule has 1 aromatic carbocycles. The van der Waals surface area contributed by atoms with Crippen molar-refractivity contribution in [2.45, 2.75) is 19.9 Å². The molecule has 0 radical (unpaired) electrons. The monoisotopic (exact) mass is 253 g/mol. The van der Waals surface area contributed by atoms with Crippen molar-refractivity contribution >= 4 is 11.3 Å². The van der Waals surface area contributed by atoms with Gasteiger partial charge in [-0.3, -0.25) is 0 Å². The quantitative estimate of drug-likeness (QED) is 0.867. The van der Waals surface area contributed by atoms with Crippen LogP contribution in [0.2, 0.25) is 0 Å². The van der Waals surface area contributed by atoms with E-state index in [4.69, 9.17) is 5.73 Å². The van der Waals surface area contributed by atoms with Gasteiger partial charge in [-0.1, -0.05) is 6.07 Å². The fourth-order valence-corrected chi connectivity index (χ4v) is 2.70. The molecule has 4 heteroatoms. The van der Waals surface area contributed by atoms with Crippen LogP contribution >= 0.6 is 11.3 Å². The summed E-state index contributed by atoms with van der Waals surface area (Å²) >= 11 is 1.59. The molecule has 2 N–H and O–H groups in total. The molecule has 1 unspecified atom stereocenters. The molecule has 2 aromatic rings. The van der Waals surface area contributed by atoms with Crippen molar-refractivity contribution in [2.24, 2.45) is 5.73 Å². The number of rotatable bonds is 2. The molecule has 1 heterocycles. The fourth-order valence-electron chi connectivity index (χ4n) is 1.63. The van der Waals surface area contributed by atoms with Gasteiger partial charge in [0.15, 0.2) is 11.6 Å². The third-order valence-corrected chi connectivity index (χ3v) is 4.03. The standard InChI is InChI=1S/C13H13F2NS/c1-7-5-12(17-8(7)2)13(16)9-3-4-10(14)11(15)6-9/h3-6,13H,16H2,1-2H3. The van der Waals surface area contributed by atoms with Crippen LogP contribution < -0.4 is 5.73 Å². The van der Waals surface area contributed by atoms with Crippen molar-refractivity contribution in [3.8, 4) is 0 Å². The zero-order chi connectivity index (χ0) is 12.6. The maximum Gasteiger partial charge on any atom is 0.159 e. The summed E-state index contributed by atoms with van der Waals surface area (Å²) in [5.41, 5.74) is 7.80. The van der Waals surface area contributed by atoms with E-state index < -0.39 is 17.7 Å². The lowest BCUT2D eigenvalue weighted by Gasteiger charge is -2.10. The lowest BCUT2D eigenvalue weighted by atomic mass is 10.1. The summed E-state index contributed by atoms with van der Waals surface area (Å²) in [6.45, 7) is 4.02. The predicted octanol–water partition coefficient (Wildman–Crippen LogP) is 3.69. The van der Waals surface area contributed by atoms with Crippen molar-refractivity contribution < 1.29 is 8.78 Å². The van der Waals surface area contributed by atoms with Crippen LogP contribution in [0, 0.1) is 25.5 Å². The molecule has 17 heavy (non-hydrogen) atoms. The molecule has 0 fully saturated rings. The summed E-state index contributed by atoms with van der Waals surface area (Å²) in [6.07, 6.45) is 0. The number of nitrogens with two attached hydrogens (primary N) is 1. The second kappa shape index (κ2) is 4.55. The first-order valence-electron chi connectivity index (χ1n) is 5.26. The average Bonchev–Trinajstić information content (AvgIpc) is 2.62. The highest BCUT2D eigenvalue weighted by Gasteiger charge is 2.14. The SMILES string of the molecule is Cc1cc(C(N)c2ccc(F)c(F)c2)sc1C. The zero-order valence-corrected chi connectivity index (χ0v) is 10.4. The largest absolute Gasteiger partial charge is 0.320 e. The van der Waals surface area contributed by atoms with Crippen molar-refractivity contribution in [1.82, 2.24) is 0 Å². The first kappa shape index (κ1) is 12.2. The number of halogens is 2. The summed E-state index contributed by atoms with van der Waals surface area (Å²) in [7, 11) is 0. The highest BCUT2D eigenvalue weighted by atomic mass is 32.1. The number of benzene rings is 1. The number of aryl methyl sites for hydroxylation is 2. The minimum absolute atomic E-state index is 0.400. The van der Waals surface area contributed by atoms with Crippen molar-refractivity contribution in [3.63, 3.8) is 0 Å². The molecule has 0 saturated heterocycles. The summed E-state index contributed by atoms with van der Waals surface area (Å²) in [4.78, 5) is 2.16. The van der Waals surface area contributed by atoms with E-state index in [2.05, 4.69) is 0 Å². The summed E-state index contributed by atoms with van der Waals surface area (Å²) in [5.74, 6) is -1.71. The third-order valence-electron chi connectivity index (χ3n) is 2.79. The number of hydrogen-bond donors (Lipinski definition) is 1. The molecular formula is C13H13F2NS. The Hall–Kier alpha value is -1.26. The smallest absolute Gasteiger partial charge is 0.159 e.